The number of nitrogens with one attached hydrogen (secondary N) is 3. The minimum Gasteiger partial charge on any atom is -0.483 e. The molecule has 0 radical (unpaired) electrons. The standard InChI is InChI=1S/C30H30ClF5N8O3.CH2O2/c1-42-21(19-13-44(22-9-29(22,32)33)41-24(19)30(34,35)36)10-38-25(42)27(46)39-15-2-3-16(20(31)8-15)26(45)40-23-17-11-43(12-18(17)23)28(47)14-4-6-37-7-5-14;2-1-3/h2-3,8,10,13-14,17-18,22-23,37H,4-7,9,11-12H2,1H3,(H,39,46)(H,40,45);1H,(H,2,3)/t17-,18+,22?,23?;. The summed E-state index contributed by atoms with van der Waals surface area (Å²) in [6.45, 7) is 2.66. The molecule has 4 aliphatic rings. The molecule has 4 heterocycles. The number of carbonyl (C=O) groups is 4. The first-order valence-corrected chi connectivity index (χ1v) is 16.1. The van der Waals surface area contributed by atoms with Crippen molar-refractivity contribution in [3.63, 3.8) is 0 Å². The zero-order chi connectivity index (χ0) is 36.1. The van der Waals surface area contributed by atoms with Gasteiger partial charge in [0.2, 0.25) is 5.91 Å². The van der Waals surface area contributed by atoms with Gasteiger partial charge in [0.1, 0.15) is 6.04 Å². The number of fused-ring (bicyclic) bond motifs is 1. The number of hydrogen-bond acceptors (Lipinski definition) is 7. The topological polar surface area (TPSA) is 163 Å². The molecule has 0 bridgehead atoms. The molecule has 3 amide bonds. The molecular formula is C31H32ClF5N8O5. The fourth-order valence-corrected chi connectivity index (χ4v) is 7.01. The molecule has 0 spiro atoms. The maximum atomic E-state index is 13.7. The third-order valence-electron chi connectivity index (χ3n) is 9.54. The van der Waals surface area contributed by atoms with E-state index in [0.29, 0.717) is 17.8 Å². The lowest BCUT2D eigenvalue weighted by Gasteiger charge is -2.28. The number of hydrogen-bond donors (Lipinski definition) is 4. The zero-order valence-electron chi connectivity index (χ0n) is 26.4. The van der Waals surface area contributed by atoms with E-state index in [0.717, 1.165) is 42.9 Å². The van der Waals surface area contributed by atoms with Gasteiger partial charge in [-0.25, -0.2) is 13.8 Å². The summed E-state index contributed by atoms with van der Waals surface area (Å²) in [5, 5.41) is 19.2. The molecule has 1 aromatic carbocycles. The van der Waals surface area contributed by atoms with Gasteiger partial charge >= 0.3 is 6.18 Å². The Kier molecular flexibility index (Phi) is 9.36. The van der Waals surface area contributed by atoms with Crippen LogP contribution in [-0.2, 0) is 22.8 Å². The highest BCUT2D eigenvalue weighted by Gasteiger charge is 2.60. The predicted molar refractivity (Wildman–Crippen MR) is 167 cm³/mol. The molecule has 3 aromatic rings. The molecule has 2 saturated heterocycles. The summed E-state index contributed by atoms with van der Waals surface area (Å²) in [5.41, 5.74) is -1.61. The number of benzene rings is 1. The number of imidazole rings is 1. The monoisotopic (exact) mass is 726 g/mol. The smallest absolute Gasteiger partial charge is 0.435 e. The molecular weight excluding hydrogens is 695 g/mol. The van der Waals surface area contributed by atoms with Gasteiger partial charge in [-0.05, 0) is 44.1 Å². The summed E-state index contributed by atoms with van der Waals surface area (Å²) in [7, 11) is 1.32. The summed E-state index contributed by atoms with van der Waals surface area (Å²) in [6.07, 6.45) is -1.96. The second-order valence-electron chi connectivity index (χ2n) is 12.7. The highest BCUT2D eigenvalue weighted by atomic mass is 35.5. The Morgan fingerprint density at radius 3 is 2.34 bits per heavy atom. The first-order chi connectivity index (χ1) is 23.6. The van der Waals surface area contributed by atoms with Gasteiger partial charge in [0, 0.05) is 62.2 Å². The number of anilines is 1. The number of carbonyl (C=O) groups excluding carboxylic acids is 3. The van der Waals surface area contributed by atoms with Crippen LogP contribution in [0, 0.1) is 17.8 Å². The number of likely N-dealkylation sites (tertiary alicyclic amines) is 1. The van der Waals surface area contributed by atoms with E-state index < -0.39 is 41.7 Å². The fraction of sp³-hybridized carbons (Fsp3) is 0.484. The van der Waals surface area contributed by atoms with E-state index in [4.69, 9.17) is 21.5 Å². The van der Waals surface area contributed by atoms with E-state index in [9.17, 15) is 36.3 Å². The van der Waals surface area contributed by atoms with Crippen molar-refractivity contribution < 1.29 is 46.2 Å². The quantitative estimate of drug-likeness (QED) is 0.212. The number of rotatable bonds is 7. The van der Waals surface area contributed by atoms with E-state index in [2.05, 4.69) is 26.0 Å². The van der Waals surface area contributed by atoms with E-state index in [1.165, 1.54) is 25.2 Å². The predicted octanol–water partition coefficient (Wildman–Crippen LogP) is 3.68. The van der Waals surface area contributed by atoms with Crippen LogP contribution in [0.5, 0.6) is 0 Å². The number of aromatic nitrogens is 4. The largest absolute Gasteiger partial charge is 0.483 e. The number of piperidine rings is 2. The average molecular weight is 727 g/mol. The Morgan fingerprint density at radius 1 is 1.12 bits per heavy atom. The molecule has 13 nitrogen and oxygen atoms in total. The molecule has 2 aromatic heterocycles. The number of carboxylic acid groups (broad SMARTS) is 1. The van der Waals surface area contributed by atoms with Crippen LogP contribution < -0.4 is 16.0 Å². The molecule has 2 unspecified atom stereocenters. The highest BCUT2D eigenvalue weighted by Crippen LogP contribution is 2.53. The van der Waals surface area contributed by atoms with E-state index >= 15 is 0 Å². The van der Waals surface area contributed by atoms with Gasteiger partial charge in [0.15, 0.2) is 11.5 Å². The van der Waals surface area contributed by atoms with Crippen molar-refractivity contribution in [3.05, 3.63) is 52.7 Å². The Hall–Kier alpha value is -4.58. The van der Waals surface area contributed by atoms with Crippen LogP contribution in [0.25, 0.3) is 11.3 Å². The Balaban J connectivity index is 0.00000139. The summed E-state index contributed by atoms with van der Waals surface area (Å²) in [5.74, 6) is -3.94. The third-order valence-corrected chi connectivity index (χ3v) is 9.86. The van der Waals surface area contributed by atoms with Crippen molar-refractivity contribution in [3.8, 4) is 11.3 Å². The molecule has 4 atom stereocenters. The second-order valence-corrected chi connectivity index (χ2v) is 13.1. The lowest BCUT2D eigenvalue weighted by Crippen LogP contribution is -2.43. The normalized spacial score (nSPS) is 23.7. The average Bonchev–Trinajstić information content (AvgIpc) is 3.55. The lowest BCUT2D eigenvalue weighted by molar-refractivity contribution is -0.141. The SMILES string of the molecule is Cn1c(-c2cn(C3CC3(F)F)nc2C(F)(F)F)cnc1C(=O)Nc1ccc(C(=O)NC2[C@H]3CN(C(=O)C4CCNCC4)C[C@@H]23)c(Cl)c1.O=CO. The fourth-order valence-electron chi connectivity index (χ4n) is 6.75. The van der Waals surface area contributed by atoms with Crippen molar-refractivity contribution >= 4 is 41.5 Å². The maximum absolute atomic E-state index is 13.7. The van der Waals surface area contributed by atoms with E-state index in [1.807, 2.05) is 4.90 Å². The lowest BCUT2D eigenvalue weighted by atomic mass is 9.96. The van der Waals surface area contributed by atoms with Gasteiger partial charge in [0.05, 0.1) is 28.0 Å². The summed E-state index contributed by atoms with van der Waals surface area (Å²) in [4.78, 5) is 53.1. The third kappa shape index (κ3) is 6.90. The Bertz CT molecular complexity index is 1810. The molecule has 7 rings (SSSR count). The maximum Gasteiger partial charge on any atom is 0.435 e. The van der Waals surface area contributed by atoms with E-state index in [1.54, 1.807) is 0 Å². The second kappa shape index (κ2) is 13.3. The molecule has 50 heavy (non-hydrogen) atoms. The first kappa shape index (κ1) is 35.3. The van der Waals surface area contributed by atoms with Gasteiger partial charge < -0.3 is 30.5 Å². The van der Waals surface area contributed by atoms with Gasteiger partial charge in [-0.3, -0.25) is 23.9 Å². The molecule has 2 aliphatic carbocycles. The molecule has 2 saturated carbocycles. The van der Waals surface area contributed by atoms with Gasteiger partial charge in [-0.2, -0.15) is 18.3 Å². The zero-order valence-corrected chi connectivity index (χ0v) is 27.1. The summed E-state index contributed by atoms with van der Waals surface area (Å²) >= 11 is 6.40. The molecule has 19 heteroatoms. The van der Waals surface area contributed by atoms with Crippen molar-refractivity contribution in [2.45, 2.75) is 43.4 Å². The minimum absolute atomic E-state index is 0.0525. The number of amides is 3. The Morgan fingerprint density at radius 2 is 1.76 bits per heavy atom. The van der Waals surface area contributed by atoms with Crippen LogP contribution in [-0.4, -0.2) is 91.7 Å². The van der Waals surface area contributed by atoms with Crippen molar-refractivity contribution in [1.29, 1.82) is 0 Å². The molecule has 268 valence electrons. The van der Waals surface area contributed by atoms with Gasteiger partial charge in [-0.1, -0.05) is 11.6 Å². The van der Waals surface area contributed by atoms with Crippen molar-refractivity contribution in [1.82, 2.24) is 34.9 Å². The number of alkyl halides is 5. The van der Waals surface area contributed by atoms with Crippen LogP contribution in [0.1, 0.15) is 52.0 Å². The molecule has 2 aliphatic heterocycles. The van der Waals surface area contributed by atoms with Crippen molar-refractivity contribution in [2.24, 2.45) is 24.8 Å². The van der Waals surface area contributed by atoms with Crippen LogP contribution in [0.3, 0.4) is 0 Å². The Labute approximate surface area is 286 Å². The number of halogens is 6. The van der Waals surface area contributed by atoms with Crippen LogP contribution in [0.2, 0.25) is 5.02 Å². The number of nitrogens with zero attached hydrogens (tertiary/aromatic N) is 5. The molecule has 4 N–H and O–H groups in total. The summed E-state index contributed by atoms with van der Waals surface area (Å²) < 4.78 is 70.1. The van der Waals surface area contributed by atoms with Gasteiger partial charge in [0.25, 0.3) is 24.2 Å². The van der Waals surface area contributed by atoms with E-state index in [-0.39, 0.29) is 69.9 Å². The highest BCUT2D eigenvalue weighted by molar-refractivity contribution is 6.34. The van der Waals surface area contributed by atoms with Crippen molar-refractivity contribution in [2.75, 3.05) is 31.5 Å². The minimum atomic E-state index is -4.94. The van der Waals surface area contributed by atoms with Gasteiger partial charge in [-0.15, -0.1) is 0 Å². The molecule has 4 fully saturated rings. The van der Waals surface area contributed by atoms with Crippen LogP contribution in [0.4, 0.5) is 27.6 Å². The van der Waals surface area contributed by atoms with Crippen LogP contribution in [0.15, 0.2) is 30.6 Å². The van der Waals surface area contributed by atoms with Crippen LogP contribution >= 0.6 is 11.6 Å². The summed E-state index contributed by atoms with van der Waals surface area (Å²) in [6, 6.07) is 2.74. The first-order valence-electron chi connectivity index (χ1n) is 15.7.